The number of amides is 1. The molecule has 1 N–H and O–H groups in total. The Hall–Kier alpha value is -2.97. The van der Waals surface area contributed by atoms with Crippen molar-refractivity contribution in [2.24, 2.45) is 23.7 Å². The average Bonchev–Trinajstić information content (AvgIpc) is 3.22. The zero-order chi connectivity index (χ0) is 18.4. The number of hydrogen-bond donors (Lipinski definition) is 1. The Labute approximate surface area is 147 Å². The average molecular weight is 360 g/mol. The predicted molar refractivity (Wildman–Crippen MR) is 85.8 cm³/mol. The maximum atomic E-state index is 12.4. The third-order valence-electron chi connectivity index (χ3n) is 5.44. The van der Waals surface area contributed by atoms with Crippen molar-refractivity contribution in [3.8, 4) is 0 Å². The van der Waals surface area contributed by atoms with E-state index in [2.05, 4.69) is 5.32 Å². The largest absolute Gasteiger partial charge is 0.462 e. The number of non-ortho nitro benzene ring substituents is 1. The van der Waals surface area contributed by atoms with Crippen LogP contribution in [0.5, 0.6) is 0 Å². The van der Waals surface area contributed by atoms with Crippen LogP contribution in [0.4, 0.5) is 11.4 Å². The van der Waals surface area contributed by atoms with Crippen molar-refractivity contribution >= 4 is 29.2 Å². The maximum Gasteiger partial charge on any atom is 0.310 e. The van der Waals surface area contributed by atoms with E-state index >= 15 is 0 Å². The third-order valence-corrected chi connectivity index (χ3v) is 5.44. The predicted octanol–water partition coefficient (Wildman–Crippen LogP) is 1.27. The zero-order valence-electron chi connectivity index (χ0n) is 13.6. The van der Waals surface area contributed by atoms with Gasteiger partial charge in [-0.25, -0.2) is 0 Å². The molecule has 1 amide bonds. The van der Waals surface area contributed by atoms with Gasteiger partial charge in [-0.2, -0.15) is 0 Å². The summed E-state index contributed by atoms with van der Waals surface area (Å²) in [6.45, 7) is -0.513. The second kappa shape index (κ2) is 6.08. The Kier molecular flexibility index (Phi) is 3.86. The van der Waals surface area contributed by atoms with E-state index in [9.17, 15) is 24.5 Å². The Morgan fingerprint density at radius 2 is 2.15 bits per heavy atom. The highest BCUT2D eigenvalue weighted by Crippen LogP contribution is 2.57. The van der Waals surface area contributed by atoms with Crippen LogP contribution in [-0.2, 0) is 23.9 Å². The van der Waals surface area contributed by atoms with Gasteiger partial charge in [-0.1, -0.05) is 6.07 Å². The van der Waals surface area contributed by atoms with E-state index < -0.39 is 35.2 Å². The monoisotopic (exact) mass is 360 g/mol. The van der Waals surface area contributed by atoms with Crippen molar-refractivity contribution in [2.75, 3.05) is 11.9 Å². The second-order valence-electron chi connectivity index (χ2n) is 6.89. The summed E-state index contributed by atoms with van der Waals surface area (Å²) in [5, 5.41) is 13.2. The summed E-state index contributed by atoms with van der Waals surface area (Å²) in [5.74, 6) is -2.36. The van der Waals surface area contributed by atoms with Crippen LogP contribution in [0.25, 0.3) is 0 Å². The van der Waals surface area contributed by atoms with Gasteiger partial charge in [0.05, 0.1) is 16.8 Å². The molecule has 26 heavy (non-hydrogen) atoms. The summed E-state index contributed by atoms with van der Waals surface area (Å²) in [6.07, 6.45) is 1.38. The molecule has 1 aliphatic heterocycles. The fourth-order valence-corrected chi connectivity index (χ4v) is 4.45. The van der Waals surface area contributed by atoms with Crippen LogP contribution >= 0.6 is 0 Å². The molecule has 1 heterocycles. The molecule has 136 valence electrons. The van der Waals surface area contributed by atoms with E-state index in [0.29, 0.717) is 6.42 Å². The molecular weight excluding hydrogens is 344 g/mol. The fourth-order valence-electron chi connectivity index (χ4n) is 4.45. The van der Waals surface area contributed by atoms with Gasteiger partial charge in [0.2, 0.25) is 0 Å². The quantitative estimate of drug-likeness (QED) is 0.476. The number of rotatable bonds is 5. The van der Waals surface area contributed by atoms with E-state index in [1.54, 1.807) is 0 Å². The number of anilines is 1. The molecule has 1 saturated heterocycles. The van der Waals surface area contributed by atoms with Crippen LogP contribution in [0, 0.1) is 33.8 Å². The standard InChI is InChI=1S/C17H16N2O7/c20-13(18-9-2-1-3-10(6-9)19(23)24)7-25-16(21)14-8-4-11-12(5-8)26-17(22)15(11)14/h1-3,6,8,11-12,14-15H,4-5,7H2,(H,18,20)/t8-,11+,12-,14+,15+/m1/s1. The number of hydrogen-bond acceptors (Lipinski definition) is 7. The topological polar surface area (TPSA) is 125 Å². The van der Waals surface area contributed by atoms with Crippen LogP contribution < -0.4 is 5.32 Å². The number of benzene rings is 1. The van der Waals surface area contributed by atoms with Gasteiger partial charge in [0.1, 0.15) is 6.10 Å². The zero-order valence-corrected chi connectivity index (χ0v) is 13.6. The van der Waals surface area contributed by atoms with Crippen LogP contribution in [-0.4, -0.2) is 35.5 Å². The Morgan fingerprint density at radius 3 is 2.92 bits per heavy atom. The van der Waals surface area contributed by atoms with Gasteiger partial charge >= 0.3 is 11.9 Å². The van der Waals surface area contributed by atoms with Crippen molar-refractivity contribution in [3.63, 3.8) is 0 Å². The van der Waals surface area contributed by atoms with Crippen molar-refractivity contribution in [2.45, 2.75) is 18.9 Å². The minimum Gasteiger partial charge on any atom is -0.462 e. The summed E-state index contributed by atoms with van der Waals surface area (Å²) in [5.41, 5.74) is 0.0819. The Morgan fingerprint density at radius 1 is 1.35 bits per heavy atom. The van der Waals surface area contributed by atoms with Crippen molar-refractivity contribution in [3.05, 3.63) is 34.4 Å². The minimum absolute atomic E-state index is 0.0637. The number of esters is 2. The fraction of sp³-hybridized carbons (Fsp3) is 0.471. The molecule has 1 aromatic rings. The molecule has 0 aromatic heterocycles. The molecule has 1 aromatic carbocycles. The number of fused-ring (bicyclic) bond motifs is 1. The first-order chi connectivity index (χ1) is 12.4. The lowest BCUT2D eigenvalue weighted by Gasteiger charge is -2.22. The summed E-state index contributed by atoms with van der Waals surface area (Å²) < 4.78 is 10.4. The number of nitro groups is 1. The normalized spacial score (nSPS) is 30.8. The second-order valence-corrected chi connectivity index (χ2v) is 6.89. The van der Waals surface area contributed by atoms with Gasteiger partial charge in [0, 0.05) is 23.7 Å². The van der Waals surface area contributed by atoms with E-state index in [-0.39, 0.29) is 35.3 Å². The summed E-state index contributed by atoms with van der Waals surface area (Å²) in [7, 11) is 0. The lowest BCUT2D eigenvalue weighted by molar-refractivity contribution is -0.384. The first-order valence-corrected chi connectivity index (χ1v) is 8.35. The number of nitrogens with one attached hydrogen (secondary N) is 1. The van der Waals surface area contributed by atoms with Gasteiger partial charge in [-0.15, -0.1) is 0 Å². The molecule has 0 spiro atoms. The van der Waals surface area contributed by atoms with Crippen LogP contribution in [0.2, 0.25) is 0 Å². The smallest absolute Gasteiger partial charge is 0.310 e. The molecule has 2 saturated carbocycles. The summed E-state index contributed by atoms with van der Waals surface area (Å²) >= 11 is 0. The third kappa shape index (κ3) is 2.69. The molecule has 3 fully saturated rings. The molecular formula is C17H16N2O7. The lowest BCUT2D eigenvalue weighted by Crippen LogP contribution is -2.34. The highest BCUT2D eigenvalue weighted by Gasteiger charge is 2.64. The van der Waals surface area contributed by atoms with E-state index in [4.69, 9.17) is 9.47 Å². The van der Waals surface area contributed by atoms with Gasteiger partial charge in [-0.3, -0.25) is 24.5 Å². The molecule has 5 atom stereocenters. The van der Waals surface area contributed by atoms with Gasteiger partial charge in [0.25, 0.3) is 11.6 Å². The Bertz CT molecular complexity index is 806. The number of carbonyl (C=O) groups excluding carboxylic acids is 3. The molecule has 0 unspecified atom stereocenters. The highest BCUT2D eigenvalue weighted by atomic mass is 16.6. The molecule has 3 aliphatic rings. The number of nitro benzene ring substituents is 1. The van der Waals surface area contributed by atoms with Gasteiger partial charge in [-0.05, 0) is 24.8 Å². The molecule has 2 bridgehead atoms. The van der Waals surface area contributed by atoms with Crippen molar-refractivity contribution in [1.82, 2.24) is 0 Å². The number of carbonyl (C=O) groups is 3. The van der Waals surface area contributed by atoms with Crippen molar-refractivity contribution < 1.29 is 28.8 Å². The summed E-state index contributed by atoms with van der Waals surface area (Å²) in [6, 6.07) is 5.46. The van der Waals surface area contributed by atoms with Gasteiger partial charge < -0.3 is 14.8 Å². The Balaban J connectivity index is 1.34. The van der Waals surface area contributed by atoms with Crippen LogP contribution in [0.15, 0.2) is 24.3 Å². The van der Waals surface area contributed by atoms with Gasteiger partial charge in [0.15, 0.2) is 6.61 Å². The molecule has 2 aliphatic carbocycles. The lowest BCUT2D eigenvalue weighted by atomic mass is 9.80. The van der Waals surface area contributed by atoms with Crippen LogP contribution in [0.1, 0.15) is 12.8 Å². The first kappa shape index (κ1) is 16.5. The first-order valence-electron chi connectivity index (χ1n) is 8.35. The molecule has 0 radical (unpaired) electrons. The van der Waals surface area contributed by atoms with E-state index in [0.717, 1.165) is 6.42 Å². The highest BCUT2D eigenvalue weighted by molar-refractivity contribution is 5.93. The SMILES string of the molecule is O=C(COC(=O)[C@H]1[C@@H]2C[C@@H]3[C@@H]1C(=O)O[C@@H]3C2)Nc1cccc([N+](=O)[O-])c1. The maximum absolute atomic E-state index is 12.4. The van der Waals surface area contributed by atoms with E-state index in [1.165, 1.54) is 24.3 Å². The summed E-state index contributed by atoms with van der Waals surface area (Å²) in [4.78, 5) is 46.4. The minimum atomic E-state index is -0.603. The van der Waals surface area contributed by atoms with E-state index in [1.807, 2.05) is 0 Å². The molecule has 9 nitrogen and oxygen atoms in total. The van der Waals surface area contributed by atoms with Crippen molar-refractivity contribution in [1.29, 1.82) is 0 Å². The molecule has 4 rings (SSSR count). The number of nitrogens with zero attached hydrogens (tertiary/aromatic N) is 1. The number of ether oxygens (including phenoxy) is 2. The molecule has 9 heteroatoms. The van der Waals surface area contributed by atoms with Crippen LogP contribution in [0.3, 0.4) is 0 Å².